The van der Waals surface area contributed by atoms with Crippen LogP contribution in [0.4, 0.5) is 0 Å². The van der Waals surface area contributed by atoms with E-state index >= 15 is 0 Å². The predicted molar refractivity (Wildman–Crippen MR) is 46.6 cm³/mol. The van der Waals surface area contributed by atoms with Gasteiger partial charge in [0.15, 0.2) is 0 Å². The fraction of sp³-hybridized carbons (Fsp3) is 0.700. The molecule has 0 heterocycles. The van der Waals surface area contributed by atoms with E-state index in [0.717, 1.165) is 12.2 Å². The maximum absolute atomic E-state index is 8.88. The van der Waals surface area contributed by atoms with Gasteiger partial charge in [-0.2, -0.15) is 5.26 Å². The summed E-state index contributed by atoms with van der Waals surface area (Å²) in [4.78, 5) is 0. The Bertz CT molecular complexity index is 279. The number of rotatable bonds is 2. The summed E-state index contributed by atoms with van der Waals surface area (Å²) in [6, 6.07) is 2.26. The number of allylic oxidation sites excluding steroid dienone is 1. The van der Waals surface area contributed by atoms with Gasteiger partial charge in [0, 0.05) is 13.0 Å². The summed E-state index contributed by atoms with van der Waals surface area (Å²) in [6.07, 6.45) is 3.26. The summed E-state index contributed by atoms with van der Waals surface area (Å²) < 4.78 is 10.5. The van der Waals surface area contributed by atoms with E-state index in [4.69, 9.17) is 14.7 Å². The molecule has 0 N–H and O–H groups in total. The van der Waals surface area contributed by atoms with Crippen LogP contribution in [0.5, 0.6) is 0 Å². The van der Waals surface area contributed by atoms with Gasteiger partial charge in [-0.1, -0.05) is 0 Å². The van der Waals surface area contributed by atoms with E-state index in [0.29, 0.717) is 17.9 Å². The summed E-state index contributed by atoms with van der Waals surface area (Å²) in [7, 11) is 3.35. The molecule has 2 rings (SSSR count). The number of nitriles is 1. The lowest BCUT2D eigenvalue weighted by Crippen LogP contribution is -2.09. The van der Waals surface area contributed by atoms with Crippen LogP contribution >= 0.6 is 0 Å². The van der Waals surface area contributed by atoms with Gasteiger partial charge in [-0.3, -0.25) is 0 Å². The number of hydrogen-bond donors (Lipinski definition) is 0. The zero-order valence-corrected chi connectivity index (χ0v) is 7.86. The van der Waals surface area contributed by atoms with E-state index < -0.39 is 0 Å². The van der Waals surface area contributed by atoms with E-state index in [1.165, 1.54) is 0 Å². The van der Waals surface area contributed by atoms with E-state index in [-0.39, 0.29) is 5.92 Å². The first-order valence-electron chi connectivity index (χ1n) is 4.50. The summed E-state index contributed by atoms with van der Waals surface area (Å²) in [5.74, 6) is 1.80. The second kappa shape index (κ2) is 3.04. The van der Waals surface area contributed by atoms with Crippen molar-refractivity contribution in [1.82, 2.24) is 0 Å². The fourth-order valence-corrected chi connectivity index (χ4v) is 2.23. The van der Waals surface area contributed by atoms with Crippen LogP contribution in [0.2, 0.25) is 0 Å². The van der Waals surface area contributed by atoms with E-state index in [9.17, 15) is 0 Å². The molecule has 13 heavy (non-hydrogen) atoms. The fourth-order valence-electron chi connectivity index (χ4n) is 2.23. The Kier molecular flexibility index (Phi) is 2.01. The Morgan fingerprint density at radius 1 is 1.54 bits per heavy atom. The van der Waals surface area contributed by atoms with Crippen molar-refractivity contribution >= 4 is 0 Å². The highest BCUT2D eigenvalue weighted by atomic mass is 16.5. The van der Waals surface area contributed by atoms with Crippen LogP contribution in [-0.4, -0.2) is 20.3 Å². The lowest BCUT2D eigenvalue weighted by Gasteiger charge is -2.15. The third kappa shape index (κ3) is 1.22. The average Bonchev–Trinajstić information content (AvgIpc) is 2.87. The first-order valence-corrected chi connectivity index (χ1v) is 4.50. The Labute approximate surface area is 77.9 Å². The summed E-state index contributed by atoms with van der Waals surface area (Å²) >= 11 is 0. The number of fused-ring (bicyclic) bond motifs is 1. The van der Waals surface area contributed by atoms with Crippen LogP contribution in [0, 0.1) is 29.1 Å². The molecule has 0 amide bonds. The number of nitrogens with zero attached hydrogens (tertiary/aromatic N) is 1. The Morgan fingerprint density at radius 2 is 2.31 bits per heavy atom. The van der Waals surface area contributed by atoms with Crippen LogP contribution in [0.25, 0.3) is 0 Å². The molecule has 70 valence electrons. The van der Waals surface area contributed by atoms with Crippen molar-refractivity contribution in [1.29, 1.82) is 5.26 Å². The minimum Gasteiger partial charge on any atom is -0.500 e. The molecule has 0 aromatic rings. The number of methoxy groups -OCH3 is 2. The van der Waals surface area contributed by atoms with Crippen LogP contribution in [0.1, 0.15) is 6.42 Å². The number of ether oxygens (including phenoxy) is 2. The van der Waals surface area contributed by atoms with E-state index in [1.54, 1.807) is 14.2 Å². The van der Waals surface area contributed by atoms with Gasteiger partial charge >= 0.3 is 0 Å². The summed E-state index contributed by atoms with van der Waals surface area (Å²) in [6.45, 7) is 0. The second-order valence-corrected chi connectivity index (χ2v) is 3.63. The van der Waals surface area contributed by atoms with E-state index in [2.05, 4.69) is 12.1 Å². The van der Waals surface area contributed by atoms with Gasteiger partial charge in [0.2, 0.25) is 0 Å². The number of hydrogen-bond acceptors (Lipinski definition) is 3. The first-order chi connectivity index (χ1) is 6.31. The third-order valence-electron chi connectivity index (χ3n) is 3.03. The molecule has 0 aromatic heterocycles. The zero-order chi connectivity index (χ0) is 9.42. The SMILES string of the molecule is COC1=C[C@H]2[C@@H](C[C@H]1C#N)[C@H]2OC. The third-order valence-corrected chi connectivity index (χ3v) is 3.03. The normalized spacial score (nSPS) is 41.5. The van der Waals surface area contributed by atoms with Crippen LogP contribution in [-0.2, 0) is 9.47 Å². The Balaban J connectivity index is 2.13. The molecule has 2 aliphatic carbocycles. The van der Waals surface area contributed by atoms with Crippen LogP contribution in [0.15, 0.2) is 11.8 Å². The Hall–Kier alpha value is -1.01. The smallest absolute Gasteiger partial charge is 0.109 e. The van der Waals surface area contributed by atoms with Gasteiger partial charge in [-0.05, 0) is 18.4 Å². The minimum absolute atomic E-state index is 0.0635. The van der Waals surface area contributed by atoms with Crippen molar-refractivity contribution in [3.05, 3.63) is 11.8 Å². The second-order valence-electron chi connectivity index (χ2n) is 3.63. The van der Waals surface area contributed by atoms with Crippen molar-refractivity contribution in [3.8, 4) is 6.07 Å². The molecular weight excluding hydrogens is 166 g/mol. The quantitative estimate of drug-likeness (QED) is 0.642. The van der Waals surface area contributed by atoms with Crippen molar-refractivity contribution in [2.45, 2.75) is 12.5 Å². The highest BCUT2D eigenvalue weighted by molar-refractivity contribution is 5.24. The van der Waals surface area contributed by atoms with Crippen molar-refractivity contribution in [2.75, 3.05) is 14.2 Å². The largest absolute Gasteiger partial charge is 0.500 e. The summed E-state index contributed by atoms with van der Waals surface area (Å²) in [5.41, 5.74) is 0. The van der Waals surface area contributed by atoms with Gasteiger partial charge in [-0.15, -0.1) is 0 Å². The maximum Gasteiger partial charge on any atom is 0.109 e. The zero-order valence-electron chi connectivity index (χ0n) is 7.86. The molecular formula is C10H13NO2. The molecule has 0 saturated heterocycles. The maximum atomic E-state index is 8.88. The monoisotopic (exact) mass is 179 g/mol. The lowest BCUT2D eigenvalue weighted by molar-refractivity contribution is 0.162. The topological polar surface area (TPSA) is 42.2 Å². The van der Waals surface area contributed by atoms with E-state index in [1.807, 2.05) is 0 Å². The molecule has 2 aliphatic rings. The highest BCUT2D eigenvalue weighted by Gasteiger charge is 2.53. The van der Waals surface area contributed by atoms with Crippen LogP contribution in [0.3, 0.4) is 0 Å². The van der Waals surface area contributed by atoms with Gasteiger partial charge in [0.25, 0.3) is 0 Å². The molecule has 3 heteroatoms. The van der Waals surface area contributed by atoms with Gasteiger partial charge in [0.05, 0.1) is 19.3 Å². The molecule has 4 atom stereocenters. The molecule has 0 unspecified atom stereocenters. The lowest BCUT2D eigenvalue weighted by atomic mass is 9.95. The molecule has 0 aromatic carbocycles. The molecule has 0 radical (unpaired) electrons. The predicted octanol–water partition coefficient (Wildman–Crippen LogP) is 1.32. The first kappa shape index (κ1) is 8.58. The summed E-state index contributed by atoms with van der Waals surface area (Å²) in [5, 5.41) is 8.88. The molecule has 1 fully saturated rings. The van der Waals surface area contributed by atoms with Crippen LogP contribution < -0.4 is 0 Å². The van der Waals surface area contributed by atoms with Gasteiger partial charge in [0.1, 0.15) is 11.7 Å². The van der Waals surface area contributed by atoms with Crippen molar-refractivity contribution < 1.29 is 9.47 Å². The highest BCUT2D eigenvalue weighted by Crippen LogP contribution is 2.51. The molecule has 0 bridgehead atoms. The van der Waals surface area contributed by atoms with Crippen molar-refractivity contribution in [2.24, 2.45) is 17.8 Å². The molecule has 0 spiro atoms. The van der Waals surface area contributed by atoms with Gasteiger partial charge in [-0.25, -0.2) is 0 Å². The molecule has 0 aliphatic heterocycles. The molecule has 3 nitrogen and oxygen atoms in total. The van der Waals surface area contributed by atoms with Gasteiger partial charge < -0.3 is 9.47 Å². The average molecular weight is 179 g/mol. The minimum atomic E-state index is -0.0635. The van der Waals surface area contributed by atoms with Crippen molar-refractivity contribution in [3.63, 3.8) is 0 Å². The Morgan fingerprint density at radius 3 is 2.85 bits per heavy atom. The standard InChI is InChI=1S/C10H13NO2/c1-12-9-4-8-7(10(8)13-2)3-6(9)5-11/h4,6-8,10H,3H2,1-2H3/t6-,7+,8-,10+/m0/s1. The molecule has 1 saturated carbocycles.